The Morgan fingerprint density at radius 1 is 1.30 bits per heavy atom. The molecule has 1 aliphatic rings. The van der Waals surface area contributed by atoms with Gasteiger partial charge in [-0.1, -0.05) is 38.0 Å². The van der Waals surface area contributed by atoms with Crippen molar-refractivity contribution in [2.45, 2.75) is 71.4 Å². The van der Waals surface area contributed by atoms with E-state index in [4.69, 9.17) is 0 Å². The maximum Gasteiger partial charge on any atom is 0.0404 e. The highest BCUT2D eigenvalue weighted by Crippen LogP contribution is 2.23. The van der Waals surface area contributed by atoms with Crippen LogP contribution in [0.4, 0.5) is 5.69 Å². The van der Waals surface area contributed by atoms with Gasteiger partial charge in [-0.05, 0) is 57.2 Å². The zero-order valence-electron chi connectivity index (χ0n) is 13.3. The van der Waals surface area contributed by atoms with Crippen molar-refractivity contribution in [3.63, 3.8) is 0 Å². The highest BCUT2D eigenvalue weighted by atomic mass is 15.0. The summed E-state index contributed by atoms with van der Waals surface area (Å²) in [6.45, 7) is 7.95. The third-order valence-corrected chi connectivity index (χ3v) is 4.43. The first-order chi connectivity index (χ1) is 9.70. The van der Waals surface area contributed by atoms with Crippen molar-refractivity contribution in [3.8, 4) is 0 Å². The van der Waals surface area contributed by atoms with Crippen molar-refractivity contribution in [1.82, 2.24) is 5.32 Å². The molecule has 1 aromatic carbocycles. The minimum atomic E-state index is 0.525. The summed E-state index contributed by atoms with van der Waals surface area (Å²) in [6.07, 6.45) is 7.77. The topological polar surface area (TPSA) is 24.1 Å². The summed E-state index contributed by atoms with van der Waals surface area (Å²) in [6, 6.07) is 7.83. The normalized spacial score (nSPS) is 21.2. The van der Waals surface area contributed by atoms with Gasteiger partial charge in [-0.3, -0.25) is 0 Å². The lowest BCUT2D eigenvalue weighted by Crippen LogP contribution is -2.33. The summed E-state index contributed by atoms with van der Waals surface area (Å²) in [5.41, 5.74) is 4.16. The second kappa shape index (κ2) is 7.68. The van der Waals surface area contributed by atoms with Gasteiger partial charge < -0.3 is 10.6 Å². The first-order valence-corrected chi connectivity index (χ1v) is 8.29. The number of aryl methyl sites for hydroxylation is 2. The lowest BCUT2D eigenvalue weighted by molar-refractivity contribution is 0.456. The smallest absolute Gasteiger partial charge is 0.0404 e. The molecular formula is C18H30N2. The van der Waals surface area contributed by atoms with Crippen LogP contribution < -0.4 is 10.6 Å². The molecule has 1 saturated heterocycles. The third kappa shape index (κ3) is 4.24. The van der Waals surface area contributed by atoms with Crippen LogP contribution in [0.15, 0.2) is 18.2 Å². The Morgan fingerprint density at radius 2 is 2.15 bits per heavy atom. The van der Waals surface area contributed by atoms with Crippen LogP contribution in [0.1, 0.15) is 57.1 Å². The van der Waals surface area contributed by atoms with Gasteiger partial charge in [0.1, 0.15) is 0 Å². The van der Waals surface area contributed by atoms with Crippen molar-refractivity contribution in [1.29, 1.82) is 0 Å². The molecule has 0 radical (unpaired) electrons. The van der Waals surface area contributed by atoms with Gasteiger partial charge in [0.25, 0.3) is 0 Å². The van der Waals surface area contributed by atoms with Gasteiger partial charge in [-0.2, -0.15) is 0 Å². The van der Waals surface area contributed by atoms with Crippen LogP contribution in [0.5, 0.6) is 0 Å². The van der Waals surface area contributed by atoms with Gasteiger partial charge in [0, 0.05) is 17.8 Å². The van der Waals surface area contributed by atoms with Gasteiger partial charge in [0.15, 0.2) is 0 Å². The molecule has 2 atom stereocenters. The van der Waals surface area contributed by atoms with Crippen LogP contribution in [0, 0.1) is 6.92 Å². The zero-order chi connectivity index (χ0) is 14.4. The third-order valence-electron chi connectivity index (χ3n) is 4.43. The number of para-hydroxylation sites is 1. The quantitative estimate of drug-likeness (QED) is 0.837. The number of hydrogen-bond donors (Lipinski definition) is 2. The van der Waals surface area contributed by atoms with Crippen LogP contribution >= 0.6 is 0 Å². The van der Waals surface area contributed by atoms with Gasteiger partial charge in [0.05, 0.1) is 0 Å². The van der Waals surface area contributed by atoms with E-state index in [0.717, 1.165) is 6.42 Å². The molecule has 2 nitrogen and oxygen atoms in total. The molecular weight excluding hydrogens is 244 g/mol. The molecule has 0 aromatic heterocycles. The minimum Gasteiger partial charge on any atom is -0.382 e. The average molecular weight is 274 g/mol. The molecule has 1 heterocycles. The fourth-order valence-corrected chi connectivity index (χ4v) is 3.26. The average Bonchev–Trinajstić information content (AvgIpc) is 2.69. The van der Waals surface area contributed by atoms with Crippen molar-refractivity contribution >= 4 is 5.69 Å². The van der Waals surface area contributed by atoms with E-state index in [2.05, 4.69) is 49.6 Å². The molecule has 2 unspecified atom stereocenters. The zero-order valence-corrected chi connectivity index (χ0v) is 13.3. The Morgan fingerprint density at radius 3 is 2.95 bits per heavy atom. The van der Waals surface area contributed by atoms with Crippen LogP contribution in [-0.2, 0) is 6.42 Å². The van der Waals surface area contributed by atoms with Crippen molar-refractivity contribution in [2.24, 2.45) is 0 Å². The Labute approximate surface area is 124 Å². The standard InChI is InChI=1S/C18H30N2/c1-4-16-10-8-9-14(2)18(16)20-15(3)13-17-11-6-5-7-12-19-17/h8-10,15,17,19-20H,4-7,11-13H2,1-3H3. The number of nitrogens with one attached hydrogen (secondary N) is 2. The maximum absolute atomic E-state index is 3.76. The molecule has 0 aliphatic carbocycles. The van der Waals surface area contributed by atoms with E-state index < -0.39 is 0 Å². The lowest BCUT2D eigenvalue weighted by atomic mass is 10.0. The Hall–Kier alpha value is -1.02. The van der Waals surface area contributed by atoms with Crippen molar-refractivity contribution in [3.05, 3.63) is 29.3 Å². The first-order valence-electron chi connectivity index (χ1n) is 8.29. The van der Waals surface area contributed by atoms with Gasteiger partial charge in [-0.25, -0.2) is 0 Å². The molecule has 0 bridgehead atoms. The summed E-state index contributed by atoms with van der Waals surface area (Å²) in [5.74, 6) is 0. The van der Waals surface area contributed by atoms with Crippen molar-refractivity contribution < 1.29 is 0 Å². The molecule has 2 N–H and O–H groups in total. The molecule has 1 fully saturated rings. The Kier molecular flexibility index (Phi) is 5.90. The monoisotopic (exact) mass is 274 g/mol. The Bertz CT molecular complexity index is 406. The molecule has 112 valence electrons. The highest BCUT2D eigenvalue weighted by molar-refractivity contribution is 5.57. The molecule has 0 spiro atoms. The predicted octanol–water partition coefficient (Wildman–Crippen LogP) is 4.28. The second-order valence-corrected chi connectivity index (χ2v) is 6.24. The Balaban J connectivity index is 1.95. The molecule has 2 rings (SSSR count). The van der Waals surface area contributed by atoms with Crippen LogP contribution in [0.2, 0.25) is 0 Å². The van der Waals surface area contributed by atoms with Crippen molar-refractivity contribution in [2.75, 3.05) is 11.9 Å². The molecule has 1 aromatic rings. The maximum atomic E-state index is 3.76. The van der Waals surface area contributed by atoms with E-state index in [-0.39, 0.29) is 0 Å². The fourth-order valence-electron chi connectivity index (χ4n) is 3.26. The van der Waals surface area contributed by atoms with E-state index in [1.165, 1.54) is 55.5 Å². The van der Waals surface area contributed by atoms with E-state index >= 15 is 0 Å². The minimum absolute atomic E-state index is 0.525. The molecule has 0 saturated carbocycles. The van der Waals surface area contributed by atoms with Crippen LogP contribution in [0.3, 0.4) is 0 Å². The number of benzene rings is 1. The largest absolute Gasteiger partial charge is 0.382 e. The molecule has 2 heteroatoms. The molecule has 20 heavy (non-hydrogen) atoms. The van der Waals surface area contributed by atoms with E-state index in [0.29, 0.717) is 12.1 Å². The van der Waals surface area contributed by atoms with E-state index in [9.17, 15) is 0 Å². The van der Waals surface area contributed by atoms with Crippen LogP contribution in [0.25, 0.3) is 0 Å². The van der Waals surface area contributed by atoms with Gasteiger partial charge in [0.2, 0.25) is 0 Å². The highest BCUT2D eigenvalue weighted by Gasteiger charge is 2.16. The summed E-state index contributed by atoms with van der Waals surface area (Å²) >= 11 is 0. The van der Waals surface area contributed by atoms with Gasteiger partial charge in [-0.15, -0.1) is 0 Å². The fraction of sp³-hybridized carbons (Fsp3) is 0.667. The first kappa shape index (κ1) is 15.4. The number of rotatable bonds is 5. The molecule has 1 aliphatic heterocycles. The summed E-state index contributed by atoms with van der Waals surface area (Å²) in [4.78, 5) is 0. The lowest BCUT2D eigenvalue weighted by Gasteiger charge is -2.24. The summed E-state index contributed by atoms with van der Waals surface area (Å²) in [5, 5.41) is 7.46. The van der Waals surface area contributed by atoms with E-state index in [1.807, 2.05) is 0 Å². The number of hydrogen-bond acceptors (Lipinski definition) is 2. The number of anilines is 1. The molecule has 0 amide bonds. The van der Waals surface area contributed by atoms with E-state index in [1.54, 1.807) is 0 Å². The van der Waals surface area contributed by atoms with Crippen LogP contribution in [-0.4, -0.2) is 18.6 Å². The second-order valence-electron chi connectivity index (χ2n) is 6.24. The predicted molar refractivity (Wildman–Crippen MR) is 88.5 cm³/mol. The SMILES string of the molecule is CCc1cccc(C)c1NC(C)CC1CCCCCN1. The summed E-state index contributed by atoms with van der Waals surface area (Å²) < 4.78 is 0. The summed E-state index contributed by atoms with van der Waals surface area (Å²) in [7, 11) is 0. The van der Waals surface area contributed by atoms with Gasteiger partial charge >= 0.3 is 0 Å².